The van der Waals surface area contributed by atoms with Gasteiger partial charge in [-0.15, -0.1) is 0 Å². The maximum Gasteiger partial charge on any atom is 0.416 e. The maximum atomic E-state index is 12.4. The smallest absolute Gasteiger partial charge is 0.416 e. The van der Waals surface area contributed by atoms with Crippen molar-refractivity contribution in [2.24, 2.45) is 5.73 Å². The summed E-state index contributed by atoms with van der Waals surface area (Å²) in [5.74, 6) is 0.267. The van der Waals surface area contributed by atoms with E-state index in [0.29, 0.717) is 6.61 Å². The molecule has 0 aromatic heterocycles. The number of hydrogen-bond acceptors (Lipinski definition) is 2. The summed E-state index contributed by atoms with van der Waals surface area (Å²) >= 11 is 4.68. The fourth-order valence-corrected chi connectivity index (χ4v) is 1.34. The van der Waals surface area contributed by atoms with E-state index in [0.717, 1.165) is 12.1 Å². The molecule has 88 valence electrons. The van der Waals surface area contributed by atoms with Gasteiger partial charge in [0.15, 0.2) is 0 Å². The lowest BCUT2D eigenvalue weighted by Gasteiger charge is -2.12. The van der Waals surface area contributed by atoms with Crippen LogP contribution >= 0.6 is 12.2 Å². The molecule has 0 amide bonds. The molecule has 0 atom stereocenters. The molecule has 0 aliphatic rings. The normalized spacial score (nSPS) is 11.2. The van der Waals surface area contributed by atoms with Crippen molar-refractivity contribution in [3.63, 3.8) is 0 Å². The van der Waals surface area contributed by atoms with E-state index in [9.17, 15) is 13.2 Å². The summed E-state index contributed by atoms with van der Waals surface area (Å²) in [5.41, 5.74) is 4.65. The molecule has 0 saturated heterocycles. The first-order valence-electron chi connectivity index (χ1n) is 4.50. The third-order valence-corrected chi connectivity index (χ3v) is 2.09. The van der Waals surface area contributed by atoms with Gasteiger partial charge in [-0.1, -0.05) is 12.2 Å². The number of ether oxygens (including phenoxy) is 1. The highest BCUT2D eigenvalue weighted by Crippen LogP contribution is 2.32. The molecule has 1 aromatic rings. The Morgan fingerprint density at radius 1 is 1.44 bits per heavy atom. The van der Waals surface area contributed by atoms with Gasteiger partial charge in [0.2, 0.25) is 0 Å². The lowest BCUT2D eigenvalue weighted by Crippen LogP contribution is -2.14. The van der Waals surface area contributed by atoms with E-state index < -0.39 is 11.7 Å². The van der Waals surface area contributed by atoms with Crippen molar-refractivity contribution in [2.45, 2.75) is 13.1 Å². The highest BCUT2D eigenvalue weighted by molar-refractivity contribution is 7.80. The van der Waals surface area contributed by atoms with Crippen LogP contribution in [0.3, 0.4) is 0 Å². The predicted molar refractivity (Wildman–Crippen MR) is 58.5 cm³/mol. The van der Waals surface area contributed by atoms with Gasteiger partial charge in [-0.2, -0.15) is 13.2 Å². The molecule has 0 saturated carbocycles. The number of rotatable bonds is 3. The summed E-state index contributed by atoms with van der Waals surface area (Å²) in [6.07, 6.45) is -4.41. The standard InChI is InChI=1S/C10H10F3NOS/c1-2-15-8-4-3-6(10(11,12)13)5-7(8)9(14)16/h3-5H,2H2,1H3,(H2,14,16). The molecule has 0 aliphatic carbocycles. The van der Waals surface area contributed by atoms with Crippen LogP contribution in [0, 0.1) is 0 Å². The minimum Gasteiger partial charge on any atom is -0.493 e. The second-order valence-electron chi connectivity index (χ2n) is 3.01. The molecule has 1 aromatic carbocycles. The van der Waals surface area contributed by atoms with Gasteiger partial charge in [0.1, 0.15) is 10.7 Å². The van der Waals surface area contributed by atoms with Gasteiger partial charge in [0.25, 0.3) is 0 Å². The van der Waals surface area contributed by atoms with E-state index in [1.807, 2.05) is 0 Å². The number of nitrogens with two attached hydrogens (primary N) is 1. The number of alkyl halides is 3. The summed E-state index contributed by atoms with van der Waals surface area (Å²) in [5, 5.41) is 0. The van der Waals surface area contributed by atoms with Gasteiger partial charge in [-0.05, 0) is 25.1 Å². The molecule has 0 radical (unpaired) electrons. The minimum atomic E-state index is -4.41. The van der Waals surface area contributed by atoms with Crippen LogP contribution in [0.25, 0.3) is 0 Å². The zero-order valence-corrected chi connectivity index (χ0v) is 9.28. The molecule has 0 fully saturated rings. The highest BCUT2D eigenvalue weighted by atomic mass is 32.1. The zero-order valence-electron chi connectivity index (χ0n) is 8.47. The average molecular weight is 249 g/mol. The molecular weight excluding hydrogens is 239 g/mol. The first kappa shape index (κ1) is 12.8. The van der Waals surface area contributed by atoms with Crippen molar-refractivity contribution in [1.29, 1.82) is 0 Å². The molecule has 2 N–H and O–H groups in total. The molecule has 1 rings (SSSR count). The Labute approximate surface area is 96.2 Å². The summed E-state index contributed by atoms with van der Waals surface area (Å²) in [7, 11) is 0. The predicted octanol–water partition coefficient (Wildman–Crippen LogP) is 2.74. The molecule has 0 bridgehead atoms. The van der Waals surface area contributed by atoms with Crippen LogP contribution < -0.4 is 10.5 Å². The van der Waals surface area contributed by atoms with Crippen LogP contribution in [0.1, 0.15) is 18.1 Å². The fourth-order valence-electron chi connectivity index (χ4n) is 1.18. The van der Waals surface area contributed by atoms with Crippen molar-refractivity contribution in [1.82, 2.24) is 0 Å². The number of hydrogen-bond donors (Lipinski definition) is 1. The van der Waals surface area contributed by atoms with Crippen molar-refractivity contribution in [3.05, 3.63) is 29.3 Å². The third-order valence-electron chi connectivity index (χ3n) is 1.87. The van der Waals surface area contributed by atoms with Crippen LogP contribution in [0.2, 0.25) is 0 Å². The van der Waals surface area contributed by atoms with Crippen molar-refractivity contribution in [2.75, 3.05) is 6.61 Å². The first-order chi connectivity index (χ1) is 7.36. The van der Waals surface area contributed by atoms with E-state index >= 15 is 0 Å². The number of benzene rings is 1. The van der Waals surface area contributed by atoms with Crippen molar-refractivity contribution in [3.8, 4) is 5.75 Å². The Morgan fingerprint density at radius 3 is 2.50 bits per heavy atom. The Bertz CT molecular complexity index is 404. The average Bonchev–Trinajstić information content (AvgIpc) is 2.16. The maximum absolute atomic E-state index is 12.4. The molecule has 0 unspecified atom stereocenters. The van der Waals surface area contributed by atoms with Crippen molar-refractivity contribution >= 4 is 17.2 Å². The first-order valence-corrected chi connectivity index (χ1v) is 4.91. The second-order valence-corrected chi connectivity index (χ2v) is 3.45. The summed E-state index contributed by atoms with van der Waals surface area (Å²) in [6, 6.07) is 3.06. The van der Waals surface area contributed by atoms with Gasteiger partial charge in [-0.25, -0.2) is 0 Å². The van der Waals surface area contributed by atoms with Gasteiger partial charge < -0.3 is 10.5 Å². The lowest BCUT2D eigenvalue weighted by atomic mass is 10.1. The largest absolute Gasteiger partial charge is 0.493 e. The minimum absolute atomic E-state index is 0.103. The molecule has 0 spiro atoms. The van der Waals surface area contributed by atoms with Crippen LogP contribution in [0.15, 0.2) is 18.2 Å². The zero-order chi connectivity index (χ0) is 12.3. The summed E-state index contributed by atoms with van der Waals surface area (Å²) in [4.78, 5) is -0.116. The Balaban J connectivity index is 3.23. The van der Waals surface area contributed by atoms with E-state index in [-0.39, 0.29) is 16.3 Å². The quantitative estimate of drug-likeness (QED) is 0.836. The fraction of sp³-hybridized carbons (Fsp3) is 0.300. The Kier molecular flexibility index (Phi) is 3.74. The highest BCUT2D eigenvalue weighted by Gasteiger charge is 2.31. The van der Waals surface area contributed by atoms with Crippen LogP contribution in [-0.4, -0.2) is 11.6 Å². The molecule has 2 nitrogen and oxygen atoms in total. The van der Waals surface area contributed by atoms with Gasteiger partial charge >= 0.3 is 6.18 Å². The lowest BCUT2D eigenvalue weighted by molar-refractivity contribution is -0.137. The van der Waals surface area contributed by atoms with Gasteiger partial charge in [0.05, 0.1) is 17.7 Å². The molecule has 6 heteroatoms. The van der Waals surface area contributed by atoms with Crippen LogP contribution in [0.4, 0.5) is 13.2 Å². The summed E-state index contributed by atoms with van der Waals surface area (Å²) < 4.78 is 42.4. The van der Waals surface area contributed by atoms with E-state index in [4.69, 9.17) is 10.5 Å². The van der Waals surface area contributed by atoms with E-state index in [1.165, 1.54) is 6.07 Å². The van der Waals surface area contributed by atoms with Gasteiger partial charge in [0, 0.05) is 0 Å². The third kappa shape index (κ3) is 2.85. The molecule has 16 heavy (non-hydrogen) atoms. The Hall–Kier alpha value is -1.30. The second kappa shape index (κ2) is 4.69. The van der Waals surface area contributed by atoms with Crippen molar-refractivity contribution < 1.29 is 17.9 Å². The Morgan fingerprint density at radius 2 is 2.06 bits per heavy atom. The molecule has 0 aliphatic heterocycles. The van der Waals surface area contributed by atoms with Crippen LogP contribution in [0.5, 0.6) is 5.75 Å². The molecular formula is C10H10F3NOS. The monoisotopic (exact) mass is 249 g/mol. The topological polar surface area (TPSA) is 35.2 Å². The summed E-state index contributed by atoms with van der Waals surface area (Å²) in [6.45, 7) is 2.06. The van der Waals surface area contributed by atoms with Crippen LogP contribution in [-0.2, 0) is 6.18 Å². The van der Waals surface area contributed by atoms with Gasteiger partial charge in [-0.3, -0.25) is 0 Å². The number of halogens is 3. The number of thiocarbonyl (C=S) groups is 1. The van der Waals surface area contributed by atoms with E-state index in [1.54, 1.807) is 6.92 Å². The van der Waals surface area contributed by atoms with E-state index in [2.05, 4.69) is 12.2 Å². The molecule has 0 heterocycles. The SMILES string of the molecule is CCOc1ccc(C(F)(F)F)cc1C(N)=S.